The number of nitrogens with one attached hydrogen (secondary N) is 1. The Morgan fingerprint density at radius 3 is 2.50 bits per heavy atom. The number of hydrogen-bond acceptors (Lipinski definition) is 5. The Balaban J connectivity index is 2.58. The van der Waals surface area contributed by atoms with Crippen LogP contribution >= 0.6 is 0 Å². The van der Waals surface area contributed by atoms with Crippen molar-refractivity contribution in [2.24, 2.45) is 5.73 Å². The Morgan fingerprint density at radius 1 is 1.50 bits per heavy atom. The zero-order valence-corrected chi connectivity index (χ0v) is 7.10. The summed E-state index contributed by atoms with van der Waals surface area (Å²) >= 11 is 0. The van der Waals surface area contributed by atoms with E-state index in [0.29, 0.717) is 6.54 Å². The molecule has 0 spiro atoms. The molecule has 5 heteroatoms. The Kier molecular flexibility index (Phi) is 3.42. The number of aliphatic hydroxyl groups excluding tert-OH is 2. The van der Waals surface area contributed by atoms with E-state index in [9.17, 15) is 5.11 Å². The van der Waals surface area contributed by atoms with Crippen molar-refractivity contribution in [3.05, 3.63) is 0 Å². The lowest BCUT2D eigenvalue weighted by Gasteiger charge is -2.17. The van der Waals surface area contributed by atoms with Gasteiger partial charge in [0.05, 0.1) is 18.8 Å². The second-order valence-corrected chi connectivity index (χ2v) is 2.94. The molecule has 4 atom stereocenters. The Labute approximate surface area is 71.5 Å². The highest BCUT2D eigenvalue weighted by atomic mass is 16.5. The molecule has 1 rings (SSSR count). The molecule has 72 valence electrons. The molecule has 12 heavy (non-hydrogen) atoms. The van der Waals surface area contributed by atoms with Crippen LogP contribution in [0.25, 0.3) is 0 Å². The zero-order chi connectivity index (χ0) is 9.14. The van der Waals surface area contributed by atoms with Gasteiger partial charge in [-0.3, -0.25) is 0 Å². The van der Waals surface area contributed by atoms with Crippen molar-refractivity contribution < 1.29 is 14.9 Å². The second-order valence-electron chi connectivity index (χ2n) is 2.94. The summed E-state index contributed by atoms with van der Waals surface area (Å²) in [5, 5.41) is 21.3. The molecule has 0 bridgehead atoms. The number of aliphatic hydroxyl groups is 2. The fraction of sp³-hybridized carbons (Fsp3) is 1.00. The van der Waals surface area contributed by atoms with Crippen molar-refractivity contribution >= 4 is 0 Å². The van der Waals surface area contributed by atoms with Crippen LogP contribution < -0.4 is 11.1 Å². The summed E-state index contributed by atoms with van der Waals surface area (Å²) in [6.07, 6.45) is -1.38. The van der Waals surface area contributed by atoms with Gasteiger partial charge in [0, 0.05) is 6.54 Å². The van der Waals surface area contributed by atoms with Gasteiger partial charge in [0.1, 0.15) is 12.2 Å². The van der Waals surface area contributed by atoms with Crippen LogP contribution in [0.3, 0.4) is 0 Å². The van der Waals surface area contributed by atoms with E-state index in [4.69, 9.17) is 15.6 Å². The van der Waals surface area contributed by atoms with Crippen LogP contribution in [0.4, 0.5) is 0 Å². The van der Waals surface area contributed by atoms with E-state index < -0.39 is 12.2 Å². The smallest absolute Gasteiger partial charge is 0.108 e. The van der Waals surface area contributed by atoms with E-state index in [0.717, 1.165) is 0 Å². The van der Waals surface area contributed by atoms with Crippen LogP contribution in [-0.2, 0) is 4.74 Å². The fourth-order valence-corrected chi connectivity index (χ4v) is 1.55. The van der Waals surface area contributed by atoms with Gasteiger partial charge in [-0.2, -0.15) is 0 Å². The van der Waals surface area contributed by atoms with E-state index in [1.165, 1.54) is 0 Å². The third kappa shape index (κ3) is 1.60. The zero-order valence-electron chi connectivity index (χ0n) is 7.10. The molecule has 0 aromatic carbocycles. The summed E-state index contributed by atoms with van der Waals surface area (Å²) in [7, 11) is 1.74. The number of ether oxygens (including phenoxy) is 1. The molecule has 1 fully saturated rings. The Bertz CT molecular complexity index is 143. The Hall–Kier alpha value is -0.200. The van der Waals surface area contributed by atoms with E-state index in [2.05, 4.69) is 5.32 Å². The first-order chi connectivity index (χ1) is 5.74. The minimum atomic E-state index is -0.673. The number of rotatable bonds is 3. The lowest BCUT2D eigenvalue weighted by molar-refractivity contribution is -0.0193. The van der Waals surface area contributed by atoms with Gasteiger partial charge in [0.2, 0.25) is 0 Å². The predicted octanol–water partition coefficient (Wildman–Crippen LogP) is -2.35. The first kappa shape index (κ1) is 9.88. The van der Waals surface area contributed by atoms with Crippen LogP contribution in [0.1, 0.15) is 0 Å². The normalized spacial score (nSPS) is 42.0. The molecule has 1 aliphatic heterocycles. The van der Waals surface area contributed by atoms with Crippen LogP contribution in [0.15, 0.2) is 0 Å². The third-order valence-electron chi connectivity index (χ3n) is 2.24. The summed E-state index contributed by atoms with van der Waals surface area (Å²) in [5.41, 5.74) is 5.42. The maximum absolute atomic E-state index is 9.55. The number of nitrogens with two attached hydrogens (primary N) is 1. The molecule has 0 saturated carbocycles. The van der Waals surface area contributed by atoms with Gasteiger partial charge in [-0.15, -0.1) is 0 Å². The highest BCUT2D eigenvalue weighted by Crippen LogP contribution is 2.19. The predicted molar refractivity (Wildman–Crippen MR) is 43.7 cm³/mol. The molecule has 0 unspecified atom stereocenters. The average molecular weight is 176 g/mol. The van der Waals surface area contributed by atoms with Crippen molar-refractivity contribution in [3.63, 3.8) is 0 Å². The molecule has 0 radical (unpaired) electrons. The summed E-state index contributed by atoms with van der Waals surface area (Å²) in [6.45, 7) is 0.176. The molecule has 1 heterocycles. The van der Waals surface area contributed by atoms with Crippen molar-refractivity contribution in [2.45, 2.75) is 24.4 Å². The van der Waals surface area contributed by atoms with Crippen LogP contribution in [0.5, 0.6) is 0 Å². The lowest BCUT2D eigenvalue weighted by Crippen LogP contribution is -2.45. The number of likely N-dealkylation sites (N-methyl/N-ethyl adjacent to an activating group) is 1. The minimum absolute atomic E-state index is 0.171. The topological polar surface area (TPSA) is 87.7 Å². The summed E-state index contributed by atoms with van der Waals surface area (Å²) in [5.74, 6) is 0. The largest absolute Gasteiger partial charge is 0.394 e. The molecule has 0 amide bonds. The summed E-state index contributed by atoms with van der Waals surface area (Å²) < 4.78 is 5.29. The van der Waals surface area contributed by atoms with Gasteiger partial charge in [-0.25, -0.2) is 0 Å². The van der Waals surface area contributed by atoms with Gasteiger partial charge in [-0.1, -0.05) is 0 Å². The van der Waals surface area contributed by atoms with Gasteiger partial charge in [0.15, 0.2) is 0 Å². The standard InChI is InChI=1S/C7H16N2O3/c1-9-6-4(2-8)12-5(3-10)7(6)11/h4-7,9-11H,2-3,8H2,1H3/t4-,5-,6+,7-/m1/s1. The van der Waals surface area contributed by atoms with Gasteiger partial charge >= 0.3 is 0 Å². The molecule has 0 aromatic heterocycles. The molecule has 5 N–H and O–H groups in total. The highest BCUT2D eigenvalue weighted by molar-refractivity contribution is 4.94. The van der Waals surface area contributed by atoms with Gasteiger partial charge in [0.25, 0.3) is 0 Å². The van der Waals surface area contributed by atoms with E-state index >= 15 is 0 Å². The molecule has 1 aliphatic rings. The minimum Gasteiger partial charge on any atom is -0.394 e. The van der Waals surface area contributed by atoms with E-state index in [-0.39, 0.29) is 18.8 Å². The van der Waals surface area contributed by atoms with Gasteiger partial charge in [-0.05, 0) is 7.05 Å². The SMILES string of the molecule is CN[C@@H]1[C@H](O)[C@@H](CO)O[C@@H]1CN. The molecule has 0 aromatic rings. The highest BCUT2D eigenvalue weighted by Gasteiger charge is 2.41. The van der Waals surface area contributed by atoms with Crippen LogP contribution in [-0.4, -0.2) is 54.8 Å². The molecule has 0 aliphatic carbocycles. The quantitative estimate of drug-likeness (QED) is 0.387. The van der Waals surface area contributed by atoms with Crippen molar-refractivity contribution in [1.82, 2.24) is 5.32 Å². The fourth-order valence-electron chi connectivity index (χ4n) is 1.55. The van der Waals surface area contributed by atoms with Crippen LogP contribution in [0.2, 0.25) is 0 Å². The van der Waals surface area contributed by atoms with Crippen molar-refractivity contribution in [3.8, 4) is 0 Å². The first-order valence-electron chi connectivity index (χ1n) is 4.06. The lowest BCUT2D eigenvalue weighted by atomic mass is 10.1. The first-order valence-corrected chi connectivity index (χ1v) is 4.06. The van der Waals surface area contributed by atoms with Crippen molar-refractivity contribution in [2.75, 3.05) is 20.2 Å². The summed E-state index contributed by atoms with van der Waals surface area (Å²) in [6, 6.07) is -0.174. The molecular formula is C7H16N2O3. The van der Waals surface area contributed by atoms with Crippen LogP contribution in [0, 0.1) is 0 Å². The third-order valence-corrected chi connectivity index (χ3v) is 2.24. The van der Waals surface area contributed by atoms with E-state index in [1.807, 2.05) is 0 Å². The maximum Gasteiger partial charge on any atom is 0.108 e. The van der Waals surface area contributed by atoms with Crippen molar-refractivity contribution in [1.29, 1.82) is 0 Å². The van der Waals surface area contributed by atoms with Gasteiger partial charge < -0.3 is 26.0 Å². The average Bonchev–Trinajstić information content (AvgIpc) is 2.41. The summed E-state index contributed by atoms with van der Waals surface area (Å²) in [4.78, 5) is 0. The molecular weight excluding hydrogens is 160 g/mol. The molecule has 5 nitrogen and oxygen atoms in total. The maximum atomic E-state index is 9.55. The van der Waals surface area contributed by atoms with E-state index in [1.54, 1.807) is 7.05 Å². The molecule has 1 saturated heterocycles. The number of hydrogen-bond donors (Lipinski definition) is 4. The monoisotopic (exact) mass is 176 g/mol. The Morgan fingerprint density at radius 2 is 2.17 bits per heavy atom. The second kappa shape index (κ2) is 4.15.